The molecule has 0 spiro atoms. The highest BCUT2D eigenvalue weighted by Gasteiger charge is 2.51. The van der Waals surface area contributed by atoms with Crippen LogP contribution in [0.4, 0.5) is 13.2 Å². The van der Waals surface area contributed by atoms with E-state index in [4.69, 9.17) is 5.73 Å². The summed E-state index contributed by atoms with van der Waals surface area (Å²) in [6.07, 6.45) is -0.203. The van der Waals surface area contributed by atoms with Crippen LogP contribution < -0.4 is 5.73 Å². The van der Waals surface area contributed by atoms with Crippen LogP contribution in [0.3, 0.4) is 0 Å². The van der Waals surface area contributed by atoms with Crippen LogP contribution in [0.25, 0.3) is 0 Å². The lowest BCUT2D eigenvalue weighted by atomic mass is 9.79. The molecule has 0 amide bonds. The Balaban J connectivity index is 2.06. The van der Waals surface area contributed by atoms with Gasteiger partial charge >= 0.3 is 6.18 Å². The topological polar surface area (TPSA) is 26.0 Å². The predicted molar refractivity (Wildman–Crippen MR) is 47.5 cm³/mol. The summed E-state index contributed by atoms with van der Waals surface area (Å²) in [5.41, 5.74) is 5.25. The zero-order valence-electron chi connectivity index (χ0n) is 8.06. The van der Waals surface area contributed by atoms with Gasteiger partial charge in [0.2, 0.25) is 0 Å². The van der Waals surface area contributed by atoms with E-state index in [-0.39, 0.29) is 12.5 Å². The van der Waals surface area contributed by atoms with Crippen molar-refractivity contribution in [1.82, 2.24) is 0 Å². The predicted octanol–water partition coefficient (Wildman–Crippen LogP) is 2.56. The van der Waals surface area contributed by atoms with E-state index in [1.54, 1.807) is 0 Å². The molecule has 0 aromatic heterocycles. The molecular formula is C10H16F3N. The van der Waals surface area contributed by atoms with E-state index in [9.17, 15) is 13.2 Å². The molecule has 2 aliphatic carbocycles. The second kappa shape index (κ2) is 3.40. The molecule has 0 radical (unpaired) electrons. The highest BCUT2D eigenvalue weighted by atomic mass is 19.4. The van der Waals surface area contributed by atoms with Crippen molar-refractivity contribution in [2.45, 2.75) is 31.9 Å². The van der Waals surface area contributed by atoms with Gasteiger partial charge in [-0.1, -0.05) is 6.42 Å². The summed E-state index contributed by atoms with van der Waals surface area (Å²) in [6, 6.07) is 0. The van der Waals surface area contributed by atoms with E-state index in [0.717, 1.165) is 25.7 Å². The summed E-state index contributed by atoms with van der Waals surface area (Å²) in [5, 5.41) is 0. The van der Waals surface area contributed by atoms with Gasteiger partial charge < -0.3 is 5.73 Å². The van der Waals surface area contributed by atoms with Crippen LogP contribution >= 0.6 is 0 Å². The van der Waals surface area contributed by atoms with Crippen molar-refractivity contribution in [2.24, 2.45) is 29.4 Å². The van der Waals surface area contributed by atoms with Crippen molar-refractivity contribution in [3.63, 3.8) is 0 Å². The number of hydrogen-bond acceptors (Lipinski definition) is 1. The third-order valence-corrected chi connectivity index (χ3v) is 3.98. The van der Waals surface area contributed by atoms with Gasteiger partial charge in [0.1, 0.15) is 0 Å². The SMILES string of the molecule is NCC(C1CC2CCC1C2)C(F)(F)F. The van der Waals surface area contributed by atoms with Crippen molar-refractivity contribution in [3.05, 3.63) is 0 Å². The summed E-state index contributed by atoms with van der Waals surface area (Å²) >= 11 is 0. The van der Waals surface area contributed by atoms with Gasteiger partial charge in [0.25, 0.3) is 0 Å². The monoisotopic (exact) mass is 207 g/mol. The minimum atomic E-state index is -4.09. The third-order valence-electron chi connectivity index (χ3n) is 3.98. The Hall–Kier alpha value is -0.250. The molecule has 1 nitrogen and oxygen atoms in total. The normalized spacial score (nSPS) is 39.0. The highest BCUT2D eigenvalue weighted by Crippen LogP contribution is 2.53. The molecule has 14 heavy (non-hydrogen) atoms. The maximum atomic E-state index is 12.6. The van der Waals surface area contributed by atoms with Gasteiger partial charge in [0.15, 0.2) is 0 Å². The average Bonchev–Trinajstić information content (AvgIpc) is 2.63. The molecule has 2 bridgehead atoms. The Bertz CT molecular complexity index is 214. The molecular weight excluding hydrogens is 191 g/mol. The number of hydrogen-bond donors (Lipinski definition) is 1. The first-order chi connectivity index (χ1) is 6.52. The summed E-state index contributed by atoms with van der Waals surface area (Å²) in [7, 11) is 0. The zero-order chi connectivity index (χ0) is 10.3. The van der Waals surface area contributed by atoms with E-state index in [1.165, 1.54) is 0 Å². The molecule has 0 heterocycles. The summed E-state index contributed by atoms with van der Waals surface area (Å²) in [4.78, 5) is 0. The van der Waals surface area contributed by atoms with Gasteiger partial charge in [-0.2, -0.15) is 13.2 Å². The fourth-order valence-electron chi connectivity index (χ4n) is 3.34. The van der Waals surface area contributed by atoms with Crippen molar-refractivity contribution in [3.8, 4) is 0 Å². The van der Waals surface area contributed by atoms with Gasteiger partial charge in [-0.3, -0.25) is 0 Å². The molecule has 2 saturated carbocycles. The molecule has 0 aliphatic heterocycles. The number of fused-ring (bicyclic) bond motifs is 2. The Morgan fingerprint density at radius 1 is 1.21 bits per heavy atom. The molecule has 4 atom stereocenters. The largest absolute Gasteiger partial charge is 0.393 e. The Kier molecular flexibility index (Phi) is 2.50. The quantitative estimate of drug-likeness (QED) is 0.740. The average molecular weight is 207 g/mol. The van der Waals surface area contributed by atoms with E-state index in [1.807, 2.05) is 0 Å². The number of nitrogens with two attached hydrogens (primary N) is 1. The molecule has 82 valence electrons. The lowest BCUT2D eigenvalue weighted by molar-refractivity contribution is -0.190. The first kappa shape index (κ1) is 10.3. The van der Waals surface area contributed by atoms with Gasteiger partial charge in [-0.05, 0) is 37.0 Å². The highest BCUT2D eigenvalue weighted by molar-refractivity contribution is 4.94. The first-order valence-corrected chi connectivity index (χ1v) is 5.29. The molecule has 0 aromatic carbocycles. The number of alkyl halides is 3. The zero-order valence-corrected chi connectivity index (χ0v) is 8.06. The van der Waals surface area contributed by atoms with E-state index >= 15 is 0 Å². The van der Waals surface area contributed by atoms with E-state index in [0.29, 0.717) is 11.8 Å². The van der Waals surface area contributed by atoms with E-state index in [2.05, 4.69) is 0 Å². The van der Waals surface area contributed by atoms with Crippen molar-refractivity contribution in [1.29, 1.82) is 0 Å². The van der Waals surface area contributed by atoms with Crippen LogP contribution in [-0.2, 0) is 0 Å². The molecule has 2 rings (SSSR count). The fourth-order valence-corrected chi connectivity index (χ4v) is 3.34. The van der Waals surface area contributed by atoms with Crippen LogP contribution in [-0.4, -0.2) is 12.7 Å². The van der Waals surface area contributed by atoms with E-state index < -0.39 is 12.1 Å². The lowest BCUT2D eigenvalue weighted by Gasteiger charge is -2.31. The van der Waals surface area contributed by atoms with Crippen molar-refractivity contribution >= 4 is 0 Å². The van der Waals surface area contributed by atoms with Crippen molar-refractivity contribution in [2.75, 3.05) is 6.54 Å². The summed E-state index contributed by atoms with van der Waals surface area (Å²) < 4.78 is 37.9. The minimum absolute atomic E-state index is 0.182. The number of halogens is 3. The molecule has 2 fully saturated rings. The van der Waals surface area contributed by atoms with Crippen molar-refractivity contribution < 1.29 is 13.2 Å². The lowest BCUT2D eigenvalue weighted by Crippen LogP contribution is -2.38. The van der Waals surface area contributed by atoms with Gasteiger partial charge in [0, 0.05) is 6.54 Å². The van der Waals surface area contributed by atoms with Gasteiger partial charge in [-0.25, -0.2) is 0 Å². The maximum absolute atomic E-state index is 12.6. The second-order valence-corrected chi connectivity index (χ2v) is 4.72. The first-order valence-electron chi connectivity index (χ1n) is 5.29. The summed E-state index contributed by atoms with van der Waals surface area (Å²) in [5.74, 6) is -0.576. The third kappa shape index (κ3) is 1.64. The second-order valence-electron chi connectivity index (χ2n) is 4.72. The molecule has 4 unspecified atom stereocenters. The standard InChI is InChI=1S/C10H16F3N/c11-10(12,13)9(5-14)8-4-6-1-2-7(8)3-6/h6-9H,1-5,14H2. The maximum Gasteiger partial charge on any atom is 0.393 e. The van der Waals surface area contributed by atoms with Gasteiger partial charge in [-0.15, -0.1) is 0 Å². The summed E-state index contributed by atoms with van der Waals surface area (Å²) in [6.45, 7) is -0.239. The smallest absolute Gasteiger partial charge is 0.330 e. The molecule has 0 saturated heterocycles. The van der Waals surface area contributed by atoms with Crippen LogP contribution in [0.15, 0.2) is 0 Å². The molecule has 0 aromatic rings. The minimum Gasteiger partial charge on any atom is -0.330 e. The van der Waals surface area contributed by atoms with Crippen LogP contribution in [0.1, 0.15) is 25.7 Å². The van der Waals surface area contributed by atoms with Gasteiger partial charge in [0.05, 0.1) is 5.92 Å². The Labute approximate surface area is 81.8 Å². The number of rotatable bonds is 2. The van der Waals surface area contributed by atoms with Crippen LogP contribution in [0, 0.1) is 23.7 Å². The molecule has 4 heteroatoms. The Morgan fingerprint density at radius 2 is 1.93 bits per heavy atom. The Morgan fingerprint density at radius 3 is 2.29 bits per heavy atom. The molecule has 2 aliphatic rings. The fraction of sp³-hybridized carbons (Fsp3) is 1.00. The molecule has 2 N–H and O–H groups in total. The van der Waals surface area contributed by atoms with Crippen LogP contribution in [0.2, 0.25) is 0 Å². The van der Waals surface area contributed by atoms with Crippen LogP contribution in [0.5, 0.6) is 0 Å².